The number of aldehydes is 1. The van der Waals surface area contributed by atoms with Gasteiger partial charge in [0, 0.05) is 0 Å². The van der Waals surface area contributed by atoms with Crippen molar-refractivity contribution in [2.75, 3.05) is 0 Å². The van der Waals surface area contributed by atoms with Crippen molar-refractivity contribution < 1.29 is 9.59 Å². The van der Waals surface area contributed by atoms with Gasteiger partial charge in [-0.15, -0.1) is 0 Å². The third kappa shape index (κ3) is 1.76. The van der Waals surface area contributed by atoms with E-state index in [4.69, 9.17) is 0 Å². The van der Waals surface area contributed by atoms with E-state index in [0.29, 0.717) is 6.42 Å². The number of ketones is 1. The largest absolute Gasteiger partial charge is 0.303 e. The van der Waals surface area contributed by atoms with Gasteiger partial charge >= 0.3 is 0 Å². The van der Waals surface area contributed by atoms with E-state index < -0.39 is 5.92 Å². The summed E-state index contributed by atoms with van der Waals surface area (Å²) < 4.78 is 0. The molecule has 0 N–H and O–H groups in total. The molecule has 2 nitrogen and oxygen atoms in total. The van der Waals surface area contributed by atoms with Gasteiger partial charge in [0.25, 0.3) is 0 Å². The van der Waals surface area contributed by atoms with E-state index in [1.807, 2.05) is 19.9 Å². The fraction of sp³-hybridized carbons (Fsp3) is 0.556. The molecule has 1 atom stereocenters. The molecule has 0 amide bonds. The van der Waals surface area contributed by atoms with Crippen molar-refractivity contribution in [1.29, 1.82) is 0 Å². The highest BCUT2D eigenvalue weighted by molar-refractivity contribution is 6.01. The van der Waals surface area contributed by atoms with Gasteiger partial charge in [-0.25, -0.2) is 0 Å². The fourth-order valence-corrected chi connectivity index (χ4v) is 1.28. The third-order valence-electron chi connectivity index (χ3n) is 1.97. The van der Waals surface area contributed by atoms with Crippen LogP contribution in [0.1, 0.15) is 20.3 Å². The maximum atomic E-state index is 11.0. The van der Waals surface area contributed by atoms with Crippen molar-refractivity contribution >= 4 is 12.1 Å². The van der Waals surface area contributed by atoms with Gasteiger partial charge in [0.15, 0.2) is 5.78 Å². The van der Waals surface area contributed by atoms with E-state index in [1.165, 1.54) is 6.08 Å². The predicted molar refractivity (Wildman–Crippen MR) is 42.1 cm³/mol. The molecule has 60 valence electrons. The Hall–Kier alpha value is -0.920. The van der Waals surface area contributed by atoms with E-state index in [1.54, 1.807) is 0 Å². The summed E-state index contributed by atoms with van der Waals surface area (Å²) in [5.41, 5.74) is -0.000509. The van der Waals surface area contributed by atoms with Crippen LogP contribution in [0.25, 0.3) is 0 Å². The SMILES string of the molecule is CC1(C)C=CC(=O)C(C=O)C1. The van der Waals surface area contributed by atoms with Crippen LogP contribution in [0.15, 0.2) is 12.2 Å². The second kappa shape index (κ2) is 2.61. The summed E-state index contributed by atoms with van der Waals surface area (Å²) in [6, 6.07) is 0. The molecular formula is C9H12O2. The molecule has 1 unspecified atom stereocenters. The molecule has 0 fully saturated rings. The van der Waals surface area contributed by atoms with Gasteiger partial charge in [0.05, 0.1) is 5.92 Å². The second-order valence-corrected chi connectivity index (χ2v) is 3.67. The van der Waals surface area contributed by atoms with Gasteiger partial charge < -0.3 is 4.79 Å². The molecule has 1 aliphatic carbocycles. The Morgan fingerprint density at radius 2 is 2.27 bits per heavy atom. The van der Waals surface area contributed by atoms with Gasteiger partial charge in [-0.1, -0.05) is 19.9 Å². The molecule has 1 aliphatic rings. The number of hydrogen-bond donors (Lipinski definition) is 0. The van der Waals surface area contributed by atoms with Crippen LogP contribution >= 0.6 is 0 Å². The highest BCUT2D eigenvalue weighted by Crippen LogP contribution is 2.30. The lowest BCUT2D eigenvalue weighted by atomic mass is 9.77. The van der Waals surface area contributed by atoms with Crippen molar-refractivity contribution in [3.8, 4) is 0 Å². The predicted octanol–water partition coefficient (Wildman–Crippen LogP) is 1.36. The van der Waals surface area contributed by atoms with Crippen LogP contribution in [-0.2, 0) is 9.59 Å². The Labute approximate surface area is 66.3 Å². The summed E-state index contributed by atoms with van der Waals surface area (Å²) in [4.78, 5) is 21.4. The Kier molecular flexibility index (Phi) is 1.94. The van der Waals surface area contributed by atoms with Gasteiger partial charge in [0.1, 0.15) is 6.29 Å². The van der Waals surface area contributed by atoms with Crippen LogP contribution < -0.4 is 0 Å². The maximum Gasteiger partial charge on any atom is 0.165 e. The molecule has 1 rings (SSSR count). The fourth-order valence-electron chi connectivity index (χ4n) is 1.28. The van der Waals surface area contributed by atoms with E-state index in [-0.39, 0.29) is 11.2 Å². The number of hydrogen-bond acceptors (Lipinski definition) is 2. The average Bonchev–Trinajstić information content (AvgIpc) is 1.94. The summed E-state index contributed by atoms with van der Waals surface area (Å²) in [7, 11) is 0. The number of carbonyl (C=O) groups excluding carboxylic acids is 2. The molecular weight excluding hydrogens is 140 g/mol. The summed E-state index contributed by atoms with van der Waals surface area (Å²) in [6.07, 6.45) is 4.78. The topological polar surface area (TPSA) is 34.1 Å². The highest BCUT2D eigenvalue weighted by atomic mass is 16.1. The van der Waals surface area contributed by atoms with Gasteiger partial charge in [-0.05, 0) is 17.9 Å². The minimum Gasteiger partial charge on any atom is -0.303 e. The lowest BCUT2D eigenvalue weighted by Crippen LogP contribution is -2.26. The molecule has 0 aromatic rings. The van der Waals surface area contributed by atoms with Crippen LogP contribution in [0.4, 0.5) is 0 Å². The van der Waals surface area contributed by atoms with Crippen molar-refractivity contribution in [3.05, 3.63) is 12.2 Å². The molecule has 0 spiro atoms. The van der Waals surface area contributed by atoms with Crippen molar-refractivity contribution in [1.82, 2.24) is 0 Å². The number of allylic oxidation sites excluding steroid dienone is 2. The third-order valence-corrected chi connectivity index (χ3v) is 1.97. The Bertz CT molecular complexity index is 214. The number of carbonyl (C=O) groups is 2. The monoisotopic (exact) mass is 152 g/mol. The van der Waals surface area contributed by atoms with Crippen LogP contribution in [0.3, 0.4) is 0 Å². The molecule has 0 saturated carbocycles. The quantitative estimate of drug-likeness (QED) is 0.420. The van der Waals surface area contributed by atoms with Gasteiger partial charge in [0.2, 0.25) is 0 Å². The van der Waals surface area contributed by atoms with Gasteiger partial charge in [-0.2, -0.15) is 0 Å². The molecule has 2 heteroatoms. The zero-order valence-corrected chi connectivity index (χ0v) is 6.83. The van der Waals surface area contributed by atoms with Crippen LogP contribution in [0.5, 0.6) is 0 Å². The lowest BCUT2D eigenvalue weighted by Gasteiger charge is -2.26. The summed E-state index contributed by atoms with van der Waals surface area (Å²) >= 11 is 0. The van der Waals surface area contributed by atoms with E-state index in [0.717, 1.165) is 6.29 Å². The van der Waals surface area contributed by atoms with E-state index in [2.05, 4.69) is 0 Å². The zero-order valence-electron chi connectivity index (χ0n) is 6.83. The second-order valence-electron chi connectivity index (χ2n) is 3.67. The first kappa shape index (κ1) is 8.18. The molecule has 0 heterocycles. The Balaban J connectivity index is 2.83. The van der Waals surface area contributed by atoms with Crippen LogP contribution in [0, 0.1) is 11.3 Å². The van der Waals surface area contributed by atoms with Crippen molar-refractivity contribution in [2.24, 2.45) is 11.3 Å². The van der Waals surface area contributed by atoms with E-state index in [9.17, 15) is 9.59 Å². The molecule has 11 heavy (non-hydrogen) atoms. The maximum absolute atomic E-state index is 11.0. The van der Waals surface area contributed by atoms with Crippen molar-refractivity contribution in [3.63, 3.8) is 0 Å². The first-order chi connectivity index (χ1) is 5.05. The normalized spacial score (nSPS) is 28.5. The average molecular weight is 152 g/mol. The summed E-state index contributed by atoms with van der Waals surface area (Å²) in [5.74, 6) is -0.464. The Morgan fingerprint density at radius 1 is 1.64 bits per heavy atom. The molecule has 0 aromatic carbocycles. The van der Waals surface area contributed by atoms with Gasteiger partial charge in [-0.3, -0.25) is 4.79 Å². The first-order valence-corrected chi connectivity index (χ1v) is 3.73. The summed E-state index contributed by atoms with van der Waals surface area (Å²) in [5, 5.41) is 0. The molecule has 0 aromatic heterocycles. The molecule has 0 bridgehead atoms. The Morgan fingerprint density at radius 3 is 2.73 bits per heavy atom. The summed E-state index contributed by atoms with van der Waals surface area (Å²) in [6.45, 7) is 4.04. The minimum absolute atomic E-state index is 0.000509. The lowest BCUT2D eigenvalue weighted by molar-refractivity contribution is -0.125. The molecule has 0 radical (unpaired) electrons. The highest BCUT2D eigenvalue weighted by Gasteiger charge is 2.28. The van der Waals surface area contributed by atoms with Crippen LogP contribution in [-0.4, -0.2) is 12.1 Å². The zero-order chi connectivity index (χ0) is 8.48. The first-order valence-electron chi connectivity index (χ1n) is 3.73. The minimum atomic E-state index is -0.407. The van der Waals surface area contributed by atoms with E-state index >= 15 is 0 Å². The molecule has 0 saturated heterocycles. The van der Waals surface area contributed by atoms with Crippen molar-refractivity contribution in [2.45, 2.75) is 20.3 Å². The standard InChI is InChI=1S/C9H12O2/c1-9(2)4-3-8(11)7(5-9)6-10/h3-4,6-7H,5H2,1-2H3. The smallest absolute Gasteiger partial charge is 0.165 e. The molecule has 0 aliphatic heterocycles. The number of rotatable bonds is 1. The van der Waals surface area contributed by atoms with Crippen LogP contribution in [0.2, 0.25) is 0 Å².